The first-order chi connectivity index (χ1) is 14.8. The van der Waals surface area contributed by atoms with Gasteiger partial charge in [-0.15, -0.1) is 0 Å². The molecule has 166 valence electrons. The van der Waals surface area contributed by atoms with Gasteiger partial charge in [0, 0.05) is 31.7 Å². The van der Waals surface area contributed by atoms with Gasteiger partial charge in [0.05, 0.1) is 19.8 Å². The summed E-state index contributed by atoms with van der Waals surface area (Å²) in [4.78, 5) is 29.1. The lowest BCUT2D eigenvalue weighted by Gasteiger charge is -2.24. The summed E-state index contributed by atoms with van der Waals surface area (Å²) >= 11 is 0. The number of hydrogen-bond donors (Lipinski definition) is 0. The second kappa shape index (κ2) is 9.28. The first-order valence-electron chi connectivity index (χ1n) is 9.73. The lowest BCUT2D eigenvalue weighted by atomic mass is 10.1. The van der Waals surface area contributed by atoms with Crippen molar-refractivity contribution in [2.75, 3.05) is 40.4 Å². The van der Waals surface area contributed by atoms with E-state index in [1.54, 1.807) is 28.0 Å². The van der Waals surface area contributed by atoms with Crippen molar-refractivity contribution < 1.29 is 32.2 Å². The number of ether oxygens (including phenoxy) is 2. The van der Waals surface area contributed by atoms with Crippen LogP contribution >= 0.6 is 0 Å². The lowest BCUT2D eigenvalue weighted by molar-refractivity contribution is -0.137. The molecule has 2 aromatic rings. The van der Waals surface area contributed by atoms with Crippen LogP contribution in [0.25, 0.3) is 0 Å². The highest BCUT2D eigenvalue weighted by molar-refractivity contribution is 6.00. The number of methoxy groups -OCH3 is 2. The van der Waals surface area contributed by atoms with Crippen LogP contribution in [0.3, 0.4) is 0 Å². The van der Waals surface area contributed by atoms with Crippen molar-refractivity contribution in [3.05, 3.63) is 59.2 Å². The maximum atomic E-state index is 13.1. The Morgan fingerprint density at radius 2 is 1.32 bits per heavy atom. The van der Waals surface area contributed by atoms with E-state index in [1.165, 1.54) is 26.4 Å². The van der Waals surface area contributed by atoms with Crippen LogP contribution in [0.15, 0.2) is 42.5 Å². The Bertz CT molecular complexity index is 923. The Kier molecular flexibility index (Phi) is 6.72. The van der Waals surface area contributed by atoms with E-state index in [4.69, 9.17) is 9.47 Å². The van der Waals surface area contributed by atoms with Crippen molar-refractivity contribution in [3.63, 3.8) is 0 Å². The van der Waals surface area contributed by atoms with Crippen molar-refractivity contribution in [1.29, 1.82) is 0 Å². The van der Waals surface area contributed by atoms with Gasteiger partial charge in [-0.25, -0.2) is 0 Å². The number of halogens is 3. The normalized spacial score (nSPS) is 14.7. The van der Waals surface area contributed by atoms with Crippen LogP contribution in [0, 0.1) is 0 Å². The Balaban J connectivity index is 1.72. The molecule has 0 radical (unpaired) electrons. The maximum absolute atomic E-state index is 13.1. The molecular weight excluding hydrogens is 413 g/mol. The van der Waals surface area contributed by atoms with E-state index in [2.05, 4.69) is 0 Å². The molecule has 1 aliphatic heterocycles. The molecular formula is C22H23F3N2O4. The van der Waals surface area contributed by atoms with Gasteiger partial charge in [-0.1, -0.05) is 6.07 Å². The first kappa shape index (κ1) is 22.5. The largest absolute Gasteiger partial charge is 0.496 e. The predicted molar refractivity (Wildman–Crippen MR) is 107 cm³/mol. The third-order valence-corrected chi connectivity index (χ3v) is 5.17. The minimum absolute atomic E-state index is 0.180. The van der Waals surface area contributed by atoms with E-state index < -0.39 is 11.7 Å². The van der Waals surface area contributed by atoms with Crippen LogP contribution in [0.4, 0.5) is 13.2 Å². The number of amides is 2. The Morgan fingerprint density at radius 1 is 0.806 bits per heavy atom. The van der Waals surface area contributed by atoms with Gasteiger partial charge in [-0.2, -0.15) is 13.2 Å². The number of carbonyl (C=O) groups is 2. The molecule has 1 fully saturated rings. The quantitative estimate of drug-likeness (QED) is 0.733. The molecule has 0 spiro atoms. The fourth-order valence-electron chi connectivity index (χ4n) is 3.53. The Hall–Kier alpha value is -3.23. The molecule has 1 saturated heterocycles. The average molecular weight is 436 g/mol. The zero-order valence-electron chi connectivity index (χ0n) is 17.2. The molecule has 3 rings (SSSR count). The fraction of sp³-hybridized carbons (Fsp3) is 0.364. The maximum Gasteiger partial charge on any atom is 0.416 e. The predicted octanol–water partition coefficient (Wildman–Crippen LogP) is 3.71. The van der Waals surface area contributed by atoms with E-state index >= 15 is 0 Å². The van der Waals surface area contributed by atoms with Gasteiger partial charge in [0.1, 0.15) is 17.1 Å². The molecule has 0 unspecified atom stereocenters. The number of rotatable bonds is 4. The number of carbonyl (C=O) groups excluding carboxylic acids is 2. The third kappa shape index (κ3) is 4.92. The van der Waals surface area contributed by atoms with E-state index in [1.807, 2.05) is 0 Å². The number of hydrogen-bond acceptors (Lipinski definition) is 4. The number of benzene rings is 2. The SMILES string of the molecule is COc1cccc(OC)c1C(=O)N1CCCN(C(=O)c2ccc(C(F)(F)F)cc2)CC1. The number of alkyl halides is 3. The van der Waals surface area contributed by atoms with Crippen LogP contribution in [0.5, 0.6) is 11.5 Å². The molecule has 1 heterocycles. The Morgan fingerprint density at radius 3 is 1.81 bits per heavy atom. The lowest BCUT2D eigenvalue weighted by Crippen LogP contribution is -2.37. The van der Waals surface area contributed by atoms with E-state index in [-0.39, 0.29) is 30.5 Å². The van der Waals surface area contributed by atoms with Crippen molar-refractivity contribution >= 4 is 11.8 Å². The smallest absolute Gasteiger partial charge is 0.416 e. The van der Waals surface area contributed by atoms with Crippen LogP contribution in [0.2, 0.25) is 0 Å². The highest BCUT2D eigenvalue weighted by Gasteiger charge is 2.31. The van der Waals surface area contributed by atoms with Crippen molar-refractivity contribution in [2.45, 2.75) is 12.6 Å². The van der Waals surface area contributed by atoms with E-state index in [0.717, 1.165) is 12.1 Å². The van der Waals surface area contributed by atoms with Crippen LogP contribution < -0.4 is 9.47 Å². The van der Waals surface area contributed by atoms with Gasteiger partial charge in [0.2, 0.25) is 0 Å². The van der Waals surface area contributed by atoms with Crippen molar-refractivity contribution in [2.24, 2.45) is 0 Å². The van der Waals surface area contributed by atoms with Gasteiger partial charge in [0.15, 0.2) is 0 Å². The fourth-order valence-corrected chi connectivity index (χ4v) is 3.53. The molecule has 0 saturated carbocycles. The topological polar surface area (TPSA) is 59.1 Å². The molecule has 31 heavy (non-hydrogen) atoms. The molecule has 0 N–H and O–H groups in total. The molecule has 0 atom stereocenters. The molecule has 0 aliphatic carbocycles. The van der Waals surface area contributed by atoms with Crippen molar-refractivity contribution in [1.82, 2.24) is 9.80 Å². The summed E-state index contributed by atoms with van der Waals surface area (Å²) < 4.78 is 48.9. The van der Waals surface area contributed by atoms with Crippen LogP contribution in [-0.4, -0.2) is 62.0 Å². The third-order valence-electron chi connectivity index (χ3n) is 5.17. The number of nitrogens with zero attached hydrogens (tertiary/aromatic N) is 2. The second-order valence-corrected chi connectivity index (χ2v) is 7.05. The molecule has 0 bridgehead atoms. The summed E-state index contributed by atoms with van der Waals surface area (Å²) in [6.45, 7) is 1.37. The molecule has 2 aromatic carbocycles. The van der Waals surface area contributed by atoms with E-state index in [0.29, 0.717) is 36.6 Å². The first-order valence-corrected chi connectivity index (χ1v) is 9.73. The minimum Gasteiger partial charge on any atom is -0.496 e. The standard InChI is InChI=1S/C22H23F3N2O4/c1-30-17-5-3-6-18(31-2)19(17)21(29)27-12-4-11-26(13-14-27)20(28)15-7-9-16(10-8-15)22(23,24)25/h3,5-10H,4,11-14H2,1-2H3. The zero-order chi connectivity index (χ0) is 22.6. The highest BCUT2D eigenvalue weighted by atomic mass is 19.4. The van der Waals surface area contributed by atoms with Gasteiger partial charge < -0.3 is 19.3 Å². The Labute approximate surface area is 178 Å². The summed E-state index contributed by atoms with van der Waals surface area (Å²) in [5.74, 6) is 0.161. The molecule has 2 amide bonds. The summed E-state index contributed by atoms with van der Waals surface area (Å²) in [7, 11) is 2.94. The second-order valence-electron chi connectivity index (χ2n) is 7.05. The van der Waals surface area contributed by atoms with Gasteiger partial charge in [-0.3, -0.25) is 9.59 Å². The summed E-state index contributed by atoms with van der Waals surface area (Å²) in [5, 5.41) is 0. The summed E-state index contributed by atoms with van der Waals surface area (Å²) in [6.07, 6.45) is -3.92. The molecule has 6 nitrogen and oxygen atoms in total. The summed E-state index contributed by atoms with van der Waals surface area (Å²) in [5.41, 5.74) is -0.309. The van der Waals surface area contributed by atoms with Crippen molar-refractivity contribution in [3.8, 4) is 11.5 Å². The molecule has 0 aromatic heterocycles. The molecule has 9 heteroatoms. The van der Waals surface area contributed by atoms with Crippen LogP contribution in [0.1, 0.15) is 32.7 Å². The molecule has 1 aliphatic rings. The van der Waals surface area contributed by atoms with Gasteiger partial charge in [0.25, 0.3) is 11.8 Å². The van der Waals surface area contributed by atoms with Crippen LogP contribution in [-0.2, 0) is 6.18 Å². The zero-order valence-corrected chi connectivity index (χ0v) is 17.2. The van der Waals surface area contributed by atoms with Gasteiger partial charge >= 0.3 is 6.18 Å². The minimum atomic E-state index is -4.45. The van der Waals surface area contributed by atoms with Gasteiger partial charge in [-0.05, 0) is 42.8 Å². The monoisotopic (exact) mass is 436 g/mol. The highest BCUT2D eigenvalue weighted by Crippen LogP contribution is 2.31. The van der Waals surface area contributed by atoms with E-state index in [9.17, 15) is 22.8 Å². The summed E-state index contributed by atoms with van der Waals surface area (Å²) in [6, 6.07) is 9.23. The average Bonchev–Trinajstić information content (AvgIpc) is 3.03.